The third kappa shape index (κ3) is 7.68. The Labute approximate surface area is 143 Å². The van der Waals surface area contributed by atoms with Crippen molar-refractivity contribution in [3.63, 3.8) is 0 Å². The number of nitrogens with zero attached hydrogens (tertiary/aromatic N) is 3. The van der Waals surface area contributed by atoms with E-state index in [2.05, 4.69) is 20.1 Å². The number of rotatable bonds is 9. The van der Waals surface area contributed by atoms with Crippen molar-refractivity contribution in [1.29, 1.82) is 0 Å². The number of hydroxylamine groups is 2. The van der Waals surface area contributed by atoms with Gasteiger partial charge >= 0.3 is 5.97 Å². The van der Waals surface area contributed by atoms with Crippen molar-refractivity contribution in [1.82, 2.24) is 20.3 Å². The van der Waals surface area contributed by atoms with E-state index >= 15 is 0 Å². The molecule has 0 radical (unpaired) electrons. The summed E-state index contributed by atoms with van der Waals surface area (Å²) in [5.41, 5.74) is 0. The normalized spacial score (nSPS) is 9.88. The van der Waals surface area contributed by atoms with E-state index in [1.165, 1.54) is 0 Å². The molecule has 24 heavy (non-hydrogen) atoms. The number of amides is 3. The number of carbonyl (C=O) groups excluding carboxylic acids is 4. The molecule has 3 amide bonds. The van der Waals surface area contributed by atoms with Gasteiger partial charge in [-0.15, -0.1) is 5.06 Å². The van der Waals surface area contributed by atoms with Gasteiger partial charge in [0, 0.05) is 25.4 Å². The lowest BCUT2D eigenvalue weighted by Crippen LogP contribution is -2.34. The molecule has 0 atom stereocenters. The van der Waals surface area contributed by atoms with Gasteiger partial charge in [-0.25, -0.2) is 14.8 Å². The number of hydrogen-bond acceptors (Lipinski definition) is 8. The van der Waals surface area contributed by atoms with Crippen molar-refractivity contribution in [2.24, 2.45) is 0 Å². The summed E-state index contributed by atoms with van der Waals surface area (Å²) in [7, 11) is 0. The number of hydrogen-bond donors (Lipinski definition) is 1. The number of nitrogens with one attached hydrogen (secondary N) is 1. The van der Waals surface area contributed by atoms with Gasteiger partial charge in [-0.05, 0) is 12.5 Å². The molecule has 1 rings (SSSR count). The topological polar surface area (TPSA) is 119 Å². The summed E-state index contributed by atoms with van der Waals surface area (Å²) in [6, 6.07) is 1.67. The van der Waals surface area contributed by atoms with Crippen LogP contribution in [-0.4, -0.2) is 51.5 Å². The zero-order valence-electron chi connectivity index (χ0n) is 13.1. The number of thioether (sulfide) groups is 1. The van der Waals surface area contributed by atoms with Crippen molar-refractivity contribution in [2.45, 2.75) is 31.3 Å². The summed E-state index contributed by atoms with van der Waals surface area (Å²) in [5, 5.41) is 3.37. The highest BCUT2D eigenvalue weighted by Crippen LogP contribution is 2.09. The van der Waals surface area contributed by atoms with Gasteiger partial charge in [-0.1, -0.05) is 18.7 Å². The molecule has 0 bridgehead atoms. The van der Waals surface area contributed by atoms with Crippen LogP contribution in [0.2, 0.25) is 0 Å². The molecule has 0 spiro atoms. The zero-order valence-corrected chi connectivity index (χ0v) is 14.0. The third-order valence-corrected chi connectivity index (χ3v) is 3.41. The summed E-state index contributed by atoms with van der Waals surface area (Å²) in [6.07, 6.45) is 3.75. The number of carbonyl (C=O) groups is 4. The van der Waals surface area contributed by atoms with Gasteiger partial charge in [-0.3, -0.25) is 14.4 Å². The van der Waals surface area contributed by atoms with Crippen molar-refractivity contribution < 1.29 is 24.0 Å². The van der Waals surface area contributed by atoms with E-state index in [9.17, 15) is 19.2 Å². The van der Waals surface area contributed by atoms with Crippen molar-refractivity contribution in [3.8, 4) is 0 Å². The van der Waals surface area contributed by atoms with Gasteiger partial charge in [0.2, 0.25) is 5.91 Å². The van der Waals surface area contributed by atoms with Crippen molar-refractivity contribution >= 4 is 36.0 Å². The van der Waals surface area contributed by atoms with E-state index in [-0.39, 0.29) is 37.5 Å². The minimum absolute atomic E-state index is 0.0303. The van der Waals surface area contributed by atoms with Gasteiger partial charge < -0.3 is 10.2 Å². The predicted octanol–water partition coefficient (Wildman–Crippen LogP) is 0.318. The molecule has 0 aliphatic carbocycles. The molecule has 0 unspecified atom stereocenters. The van der Waals surface area contributed by atoms with Gasteiger partial charge in [0.05, 0.1) is 12.2 Å². The van der Waals surface area contributed by atoms with E-state index < -0.39 is 11.9 Å². The fraction of sp³-hybridized carbons (Fsp3) is 0.429. The van der Waals surface area contributed by atoms with Crippen LogP contribution in [0, 0.1) is 0 Å². The quantitative estimate of drug-likeness (QED) is 0.291. The van der Waals surface area contributed by atoms with Gasteiger partial charge in [0.25, 0.3) is 12.3 Å². The van der Waals surface area contributed by atoms with Crippen LogP contribution in [0.3, 0.4) is 0 Å². The second kappa shape index (κ2) is 11.1. The lowest BCUT2D eigenvalue weighted by molar-refractivity contribution is -0.196. The minimum Gasteiger partial charge on any atom is -0.355 e. The van der Waals surface area contributed by atoms with E-state index in [1.807, 2.05) is 0 Å². The first-order valence-electron chi connectivity index (χ1n) is 7.21. The molecule has 10 heteroatoms. The van der Waals surface area contributed by atoms with Crippen LogP contribution in [0.15, 0.2) is 23.6 Å². The van der Waals surface area contributed by atoms with Gasteiger partial charge in [0.15, 0.2) is 5.16 Å². The highest BCUT2D eigenvalue weighted by molar-refractivity contribution is 7.99. The Morgan fingerprint density at radius 3 is 2.62 bits per heavy atom. The van der Waals surface area contributed by atoms with E-state index in [4.69, 9.17) is 0 Å². The second-order valence-corrected chi connectivity index (χ2v) is 5.40. The summed E-state index contributed by atoms with van der Waals surface area (Å²) in [4.78, 5) is 57.8. The molecule has 1 aromatic rings. The fourth-order valence-electron chi connectivity index (χ4n) is 1.46. The Bertz CT molecular complexity index is 570. The molecule has 0 fully saturated rings. The highest BCUT2D eigenvalue weighted by atomic mass is 32.2. The lowest BCUT2D eigenvalue weighted by Gasteiger charge is -2.13. The molecule has 9 nitrogen and oxygen atoms in total. The van der Waals surface area contributed by atoms with E-state index in [0.717, 1.165) is 11.8 Å². The van der Waals surface area contributed by atoms with Gasteiger partial charge in [-0.2, -0.15) is 0 Å². The number of imide groups is 1. The van der Waals surface area contributed by atoms with Crippen LogP contribution in [0.5, 0.6) is 0 Å². The molecule has 0 aliphatic rings. The molecular formula is C14H18N4O5S. The standard InChI is InChI=1S/C14H18N4O5S/c1-2-4-12(21)18(10-19)23-13(22)5-8-15-11(20)9-24-14-16-6-3-7-17-14/h3,6-7,10H,2,4-5,8-9H2,1H3,(H,15,20). The molecule has 130 valence electrons. The first-order chi connectivity index (χ1) is 11.6. The Kier molecular flexibility index (Phi) is 9.05. The molecule has 1 heterocycles. The molecular weight excluding hydrogens is 336 g/mol. The van der Waals surface area contributed by atoms with Crippen molar-refractivity contribution in [3.05, 3.63) is 18.5 Å². The molecule has 1 N–H and O–H groups in total. The zero-order chi connectivity index (χ0) is 17.8. The van der Waals surface area contributed by atoms with Crippen LogP contribution < -0.4 is 5.32 Å². The summed E-state index contributed by atoms with van der Waals surface area (Å²) in [6.45, 7) is 1.79. The summed E-state index contributed by atoms with van der Waals surface area (Å²) >= 11 is 1.16. The Morgan fingerprint density at radius 2 is 2.00 bits per heavy atom. The minimum atomic E-state index is -0.786. The summed E-state index contributed by atoms with van der Waals surface area (Å²) in [5.74, 6) is -1.57. The first kappa shape index (κ1) is 19.6. The Hall–Kier alpha value is -2.49. The smallest absolute Gasteiger partial charge is 0.334 e. The average molecular weight is 354 g/mol. The highest BCUT2D eigenvalue weighted by Gasteiger charge is 2.17. The lowest BCUT2D eigenvalue weighted by atomic mass is 10.3. The van der Waals surface area contributed by atoms with E-state index in [0.29, 0.717) is 16.6 Å². The Morgan fingerprint density at radius 1 is 1.29 bits per heavy atom. The number of aromatic nitrogens is 2. The average Bonchev–Trinajstić information content (AvgIpc) is 2.59. The summed E-state index contributed by atoms with van der Waals surface area (Å²) < 4.78 is 0. The molecule has 0 aliphatic heterocycles. The maximum atomic E-state index is 11.6. The van der Waals surface area contributed by atoms with Crippen LogP contribution in [-0.2, 0) is 24.0 Å². The Balaban J connectivity index is 2.23. The third-order valence-electron chi connectivity index (χ3n) is 2.53. The van der Waals surface area contributed by atoms with Crippen molar-refractivity contribution in [2.75, 3.05) is 12.3 Å². The largest absolute Gasteiger partial charge is 0.355 e. The fourth-order valence-corrected chi connectivity index (χ4v) is 2.09. The predicted molar refractivity (Wildman–Crippen MR) is 84.3 cm³/mol. The monoisotopic (exact) mass is 354 g/mol. The maximum Gasteiger partial charge on any atom is 0.334 e. The SMILES string of the molecule is CCCC(=O)N(C=O)OC(=O)CCNC(=O)CSc1ncccn1. The van der Waals surface area contributed by atoms with Crippen LogP contribution >= 0.6 is 11.8 Å². The molecule has 0 saturated heterocycles. The molecule has 0 aromatic carbocycles. The first-order valence-corrected chi connectivity index (χ1v) is 8.20. The van der Waals surface area contributed by atoms with Gasteiger partial charge in [0.1, 0.15) is 0 Å². The molecule has 0 saturated carbocycles. The second-order valence-electron chi connectivity index (χ2n) is 4.46. The maximum absolute atomic E-state index is 11.6. The van der Waals surface area contributed by atoms with Crippen LogP contribution in [0.1, 0.15) is 26.2 Å². The van der Waals surface area contributed by atoms with E-state index in [1.54, 1.807) is 25.4 Å². The van der Waals surface area contributed by atoms with Crippen LogP contribution in [0.25, 0.3) is 0 Å². The molecule has 1 aromatic heterocycles. The van der Waals surface area contributed by atoms with Crippen LogP contribution in [0.4, 0.5) is 0 Å².